The minimum Gasteiger partial charge on any atom is -0.376 e. The van der Waals surface area contributed by atoms with E-state index in [2.05, 4.69) is 74.4 Å². The van der Waals surface area contributed by atoms with Gasteiger partial charge >= 0.3 is 0 Å². The Hall–Kier alpha value is -1.22. The standard InChI is InChI=1S/C16H27N3/c1-12-13(2)19(11-10-14(12)17-3)16-9-7-6-8-15(16)18(4)5/h6-9,12-14,17H,10-11H2,1-5H3. The molecule has 1 aliphatic rings. The predicted molar refractivity (Wildman–Crippen MR) is 84.2 cm³/mol. The number of anilines is 2. The normalized spacial score (nSPS) is 27.4. The summed E-state index contributed by atoms with van der Waals surface area (Å²) in [6.45, 7) is 5.83. The van der Waals surface area contributed by atoms with Crippen molar-refractivity contribution >= 4 is 11.4 Å². The fourth-order valence-corrected chi connectivity index (χ4v) is 3.20. The molecule has 1 saturated heterocycles. The van der Waals surface area contributed by atoms with Gasteiger partial charge < -0.3 is 15.1 Å². The molecule has 3 atom stereocenters. The lowest BCUT2D eigenvalue weighted by molar-refractivity contribution is 0.283. The van der Waals surface area contributed by atoms with Crippen molar-refractivity contribution in [3.63, 3.8) is 0 Å². The molecule has 0 bridgehead atoms. The maximum atomic E-state index is 3.46. The lowest BCUT2D eigenvalue weighted by Crippen LogP contribution is -2.53. The minimum atomic E-state index is 0.562. The predicted octanol–water partition coefficient (Wildman–Crippen LogP) is 2.58. The first-order valence-corrected chi connectivity index (χ1v) is 7.26. The number of nitrogens with one attached hydrogen (secondary N) is 1. The first-order valence-electron chi connectivity index (χ1n) is 7.26. The number of benzene rings is 1. The molecule has 1 aromatic rings. The number of hydrogen-bond donors (Lipinski definition) is 1. The molecule has 0 amide bonds. The molecule has 0 saturated carbocycles. The molecule has 2 rings (SSSR count). The molecule has 1 fully saturated rings. The van der Waals surface area contributed by atoms with Gasteiger partial charge in [0.25, 0.3) is 0 Å². The maximum Gasteiger partial charge on any atom is 0.0606 e. The molecule has 3 unspecified atom stereocenters. The molecule has 0 spiro atoms. The highest BCUT2D eigenvalue weighted by Gasteiger charge is 2.32. The molecule has 0 aliphatic carbocycles. The van der Waals surface area contributed by atoms with Crippen molar-refractivity contribution in [3.8, 4) is 0 Å². The molecule has 106 valence electrons. The Morgan fingerprint density at radius 3 is 2.53 bits per heavy atom. The van der Waals surface area contributed by atoms with E-state index in [1.54, 1.807) is 0 Å². The SMILES string of the molecule is CNC1CCN(c2ccccc2N(C)C)C(C)C1C. The quantitative estimate of drug-likeness (QED) is 0.902. The van der Waals surface area contributed by atoms with E-state index in [1.165, 1.54) is 17.8 Å². The summed E-state index contributed by atoms with van der Waals surface area (Å²) in [6.07, 6.45) is 1.21. The van der Waals surface area contributed by atoms with Crippen molar-refractivity contribution in [2.75, 3.05) is 37.5 Å². The number of hydrogen-bond acceptors (Lipinski definition) is 3. The Labute approximate surface area is 117 Å². The van der Waals surface area contributed by atoms with Crippen LogP contribution in [-0.4, -0.2) is 39.8 Å². The van der Waals surface area contributed by atoms with Crippen LogP contribution >= 0.6 is 0 Å². The van der Waals surface area contributed by atoms with Crippen LogP contribution in [0.2, 0.25) is 0 Å². The zero-order valence-corrected chi connectivity index (χ0v) is 12.9. The zero-order valence-electron chi connectivity index (χ0n) is 12.9. The third-order valence-corrected chi connectivity index (χ3v) is 4.61. The van der Waals surface area contributed by atoms with E-state index in [0.29, 0.717) is 18.0 Å². The van der Waals surface area contributed by atoms with Gasteiger partial charge in [-0.05, 0) is 38.4 Å². The molecule has 0 radical (unpaired) electrons. The van der Waals surface area contributed by atoms with E-state index in [1.807, 2.05) is 0 Å². The summed E-state index contributed by atoms with van der Waals surface area (Å²) in [5, 5.41) is 3.46. The van der Waals surface area contributed by atoms with E-state index in [-0.39, 0.29) is 0 Å². The Morgan fingerprint density at radius 1 is 1.21 bits per heavy atom. The Kier molecular flexibility index (Phi) is 4.35. The second-order valence-corrected chi connectivity index (χ2v) is 5.86. The molecule has 3 nitrogen and oxygen atoms in total. The highest BCUT2D eigenvalue weighted by atomic mass is 15.2. The van der Waals surface area contributed by atoms with E-state index in [9.17, 15) is 0 Å². The molecular formula is C16H27N3. The van der Waals surface area contributed by atoms with Crippen molar-refractivity contribution in [1.82, 2.24) is 5.32 Å². The number of nitrogens with zero attached hydrogens (tertiary/aromatic N) is 2. The molecule has 0 aromatic heterocycles. The molecule has 3 heteroatoms. The number of para-hydroxylation sites is 2. The maximum absolute atomic E-state index is 3.46. The second kappa shape index (κ2) is 5.83. The highest BCUT2D eigenvalue weighted by Crippen LogP contribution is 2.34. The van der Waals surface area contributed by atoms with Crippen LogP contribution in [0.3, 0.4) is 0 Å². The summed E-state index contributed by atoms with van der Waals surface area (Å²) in [5.41, 5.74) is 2.67. The van der Waals surface area contributed by atoms with Crippen LogP contribution in [0, 0.1) is 5.92 Å². The Morgan fingerprint density at radius 2 is 1.89 bits per heavy atom. The van der Waals surface area contributed by atoms with Crippen LogP contribution in [0.5, 0.6) is 0 Å². The number of piperidine rings is 1. The first kappa shape index (κ1) is 14.2. The van der Waals surface area contributed by atoms with E-state index in [0.717, 1.165) is 6.54 Å². The fraction of sp³-hybridized carbons (Fsp3) is 0.625. The fourth-order valence-electron chi connectivity index (χ4n) is 3.20. The van der Waals surface area contributed by atoms with Gasteiger partial charge in [-0.25, -0.2) is 0 Å². The van der Waals surface area contributed by atoms with Gasteiger partial charge in [-0.1, -0.05) is 19.1 Å². The van der Waals surface area contributed by atoms with Gasteiger partial charge in [0, 0.05) is 32.7 Å². The van der Waals surface area contributed by atoms with Gasteiger partial charge in [-0.2, -0.15) is 0 Å². The largest absolute Gasteiger partial charge is 0.376 e. The van der Waals surface area contributed by atoms with E-state index >= 15 is 0 Å². The van der Waals surface area contributed by atoms with Gasteiger partial charge in [0.2, 0.25) is 0 Å². The number of rotatable bonds is 3. The first-order chi connectivity index (χ1) is 9.06. The van der Waals surface area contributed by atoms with Gasteiger partial charge in [-0.15, -0.1) is 0 Å². The summed E-state index contributed by atoms with van der Waals surface area (Å²) >= 11 is 0. The van der Waals surface area contributed by atoms with Crippen LogP contribution < -0.4 is 15.1 Å². The Balaban J connectivity index is 2.28. The summed E-state index contributed by atoms with van der Waals surface area (Å²) < 4.78 is 0. The summed E-state index contributed by atoms with van der Waals surface area (Å²) in [6, 6.07) is 9.91. The minimum absolute atomic E-state index is 0.562. The van der Waals surface area contributed by atoms with Crippen molar-refractivity contribution in [1.29, 1.82) is 0 Å². The van der Waals surface area contributed by atoms with E-state index < -0.39 is 0 Å². The third kappa shape index (κ3) is 2.71. The molecule has 1 aliphatic heterocycles. The summed E-state index contributed by atoms with van der Waals surface area (Å²) in [7, 11) is 6.32. The van der Waals surface area contributed by atoms with Gasteiger partial charge in [0.15, 0.2) is 0 Å². The van der Waals surface area contributed by atoms with Crippen LogP contribution in [0.4, 0.5) is 11.4 Å². The lowest BCUT2D eigenvalue weighted by atomic mass is 9.86. The van der Waals surface area contributed by atoms with Gasteiger partial charge in [0.05, 0.1) is 11.4 Å². The smallest absolute Gasteiger partial charge is 0.0606 e. The van der Waals surface area contributed by atoms with Gasteiger partial charge in [0.1, 0.15) is 0 Å². The van der Waals surface area contributed by atoms with Crippen LogP contribution in [0.1, 0.15) is 20.3 Å². The van der Waals surface area contributed by atoms with Crippen molar-refractivity contribution in [2.24, 2.45) is 5.92 Å². The molecular weight excluding hydrogens is 234 g/mol. The van der Waals surface area contributed by atoms with E-state index in [4.69, 9.17) is 0 Å². The van der Waals surface area contributed by atoms with Gasteiger partial charge in [-0.3, -0.25) is 0 Å². The van der Waals surface area contributed by atoms with Crippen LogP contribution in [0.15, 0.2) is 24.3 Å². The van der Waals surface area contributed by atoms with Crippen LogP contribution in [0.25, 0.3) is 0 Å². The monoisotopic (exact) mass is 261 g/mol. The van der Waals surface area contributed by atoms with Crippen LogP contribution in [-0.2, 0) is 0 Å². The molecule has 1 aromatic carbocycles. The summed E-state index contributed by atoms with van der Waals surface area (Å²) in [5.74, 6) is 0.661. The summed E-state index contributed by atoms with van der Waals surface area (Å²) in [4.78, 5) is 4.77. The molecule has 1 heterocycles. The van der Waals surface area contributed by atoms with Crippen molar-refractivity contribution in [3.05, 3.63) is 24.3 Å². The van der Waals surface area contributed by atoms with Crippen molar-refractivity contribution in [2.45, 2.75) is 32.4 Å². The average molecular weight is 261 g/mol. The topological polar surface area (TPSA) is 18.5 Å². The lowest BCUT2D eigenvalue weighted by Gasteiger charge is -2.45. The molecule has 19 heavy (non-hydrogen) atoms. The zero-order chi connectivity index (χ0) is 14.0. The third-order valence-electron chi connectivity index (χ3n) is 4.61. The highest BCUT2D eigenvalue weighted by molar-refractivity contribution is 5.71. The molecule has 1 N–H and O–H groups in total. The van der Waals surface area contributed by atoms with Crippen molar-refractivity contribution < 1.29 is 0 Å². The Bertz CT molecular complexity index is 416. The second-order valence-electron chi connectivity index (χ2n) is 5.86. The average Bonchev–Trinajstić information content (AvgIpc) is 2.42.